The Balaban J connectivity index is 1.85. The highest BCUT2D eigenvalue weighted by Crippen LogP contribution is 2.28. The van der Waals surface area contributed by atoms with Crippen LogP contribution < -0.4 is 20.5 Å². The number of alkyl halides is 3. The molecule has 0 fully saturated rings. The molecule has 0 unspecified atom stereocenters. The summed E-state index contributed by atoms with van der Waals surface area (Å²) in [6, 6.07) is 11.4. The van der Waals surface area contributed by atoms with Crippen molar-refractivity contribution in [3.05, 3.63) is 82.6 Å². The minimum atomic E-state index is -4.92. The number of anilines is 2. The van der Waals surface area contributed by atoms with E-state index in [-0.39, 0.29) is 27.8 Å². The van der Waals surface area contributed by atoms with Crippen LogP contribution in [0.15, 0.2) is 65.6 Å². The highest BCUT2D eigenvalue weighted by molar-refractivity contribution is 7.92. The number of nitrogens with one attached hydrogen (secondary N) is 2. The second-order valence-corrected chi connectivity index (χ2v) is 8.84. The molecular formula is C21H16ClF4N3O4S. The highest BCUT2D eigenvalue weighted by atomic mass is 35.5. The molecule has 0 saturated heterocycles. The molecule has 0 spiro atoms. The van der Waals surface area contributed by atoms with Gasteiger partial charge in [0.1, 0.15) is 11.6 Å². The fourth-order valence-corrected chi connectivity index (χ4v) is 4.20. The van der Waals surface area contributed by atoms with Crippen molar-refractivity contribution in [3.63, 3.8) is 0 Å². The van der Waals surface area contributed by atoms with Crippen molar-refractivity contribution in [2.75, 3.05) is 10.0 Å². The van der Waals surface area contributed by atoms with Crippen LogP contribution in [0, 0.1) is 5.82 Å². The van der Waals surface area contributed by atoms with Gasteiger partial charge < -0.3 is 15.8 Å². The van der Waals surface area contributed by atoms with E-state index in [4.69, 9.17) is 17.3 Å². The Morgan fingerprint density at radius 2 is 1.74 bits per heavy atom. The minimum absolute atomic E-state index is 0.00412. The molecule has 0 aliphatic rings. The average Bonchev–Trinajstić information content (AvgIpc) is 2.73. The summed E-state index contributed by atoms with van der Waals surface area (Å²) >= 11 is 5.89. The summed E-state index contributed by atoms with van der Waals surface area (Å²) < 4.78 is 82.4. The van der Waals surface area contributed by atoms with E-state index in [9.17, 15) is 30.8 Å². The zero-order chi connectivity index (χ0) is 25.1. The molecule has 3 aromatic carbocycles. The molecule has 0 saturated carbocycles. The van der Waals surface area contributed by atoms with E-state index >= 15 is 0 Å². The molecule has 7 nitrogen and oxygen atoms in total. The van der Waals surface area contributed by atoms with E-state index in [0.29, 0.717) is 5.56 Å². The number of carbonyl (C=O) groups excluding carboxylic acids is 1. The smallest absolute Gasteiger partial charge is 0.406 e. The molecule has 0 radical (unpaired) electrons. The monoisotopic (exact) mass is 517 g/mol. The second kappa shape index (κ2) is 9.87. The van der Waals surface area contributed by atoms with Crippen LogP contribution in [0.5, 0.6) is 5.75 Å². The van der Waals surface area contributed by atoms with Crippen LogP contribution >= 0.6 is 11.6 Å². The summed E-state index contributed by atoms with van der Waals surface area (Å²) in [6.45, 7) is -0.0798. The molecule has 34 heavy (non-hydrogen) atoms. The van der Waals surface area contributed by atoms with Gasteiger partial charge in [0.15, 0.2) is 0 Å². The van der Waals surface area contributed by atoms with Gasteiger partial charge in [-0.1, -0.05) is 23.7 Å². The number of halogens is 5. The Morgan fingerprint density at radius 1 is 1.06 bits per heavy atom. The lowest BCUT2D eigenvalue weighted by atomic mass is 10.1. The zero-order valence-corrected chi connectivity index (χ0v) is 18.6. The summed E-state index contributed by atoms with van der Waals surface area (Å²) in [4.78, 5) is 12.1. The molecule has 3 aromatic rings. The van der Waals surface area contributed by atoms with Crippen LogP contribution in [-0.2, 0) is 16.6 Å². The van der Waals surface area contributed by atoms with Gasteiger partial charge in [-0.2, -0.15) is 0 Å². The minimum Gasteiger partial charge on any atom is -0.406 e. The van der Waals surface area contributed by atoms with Crippen LogP contribution in [0.3, 0.4) is 0 Å². The van der Waals surface area contributed by atoms with Crippen molar-refractivity contribution >= 4 is 38.9 Å². The van der Waals surface area contributed by atoms with Gasteiger partial charge in [-0.25, -0.2) is 12.8 Å². The normalized spacial score (nSPS) is 11.7. The Hall–Kier alpha value is -3.35. The number of amides is 1. The summed E-state index contributed by atoms with van der Waals surface area (Å²) in [6.07, 6.45) is -4.92. The maximum atomic E-state index is 14.0. The Bertz CT molecular complexity index is 1300. The van der Waals surface area contributed by atoms with Crippen LogP contribution in [0.25, 0.3) is 0 Å². The first-order valence-corrected chi connectivity index (χ1v) is 11.2. The Morgan fingerprint density at radius 3 is 2.32 bits per heavy atom. The molecule has 3 rings (SSSR count). The summed E-state index contributed by atoms with van der Waals surface area (Å²) in [7, 11) is -4.25. The summed E-state index contributed by atoms with van der Waals surface area (Å²) in [5, 5.41) is 2.31. The first kappa shape index (κ1) is 25.3. The van der Waals surface area contributed by atoms with Gasteiger partial charge in [-0.15, -0.1) is 13.2 Å². The summed E-state index contributed by atoms with van der Waals surface area (Å²) in [5.74, 6) is -2.30. The first-order valence-electron chi connectivity index (χ1n) is 9.36. The number of hydrogen-bond acceptors (Lipinski definition) is 5. The van der Waals surface area contributed by atoms with E-state index in [1.807, 2.05) is 0 Å². The molecule has 0 aliphatic heterocycles. The zero-order valence-electron chi connectivity index (χ0n) is 17.0. The van der Waals surface area contributed by atoms with Gasteiger partial charge in [0.05, 0.1) is 21.2 Å². The van der Waals surface area contributed by atoms with E-state index < -0.39 is 39.4 Å². The van der Waals surface area contributed by atoms with Crippen molar-refractivity contribution in [1.82, 2.24) is 0 Å². The van der Waals surface area contributed by atoms with Crippen LogP contribution in [-0.4, -0.2) is 20.7 Å². The predicted octanol–water partition coefficient (Wildman–Crippen LogP) is 4.89. The number of ether oxygens (including phenoxy) is 1. The number of hydrogen-bond donors (Lipinski definition) is 3. The quantitative estimate of drug-likeness (QED) is 0.386. The Kier molecular flexibility index (Phi) is 7.34. The lowest BCUT2D eigenvalue weighted by molar-refractivity contribution is -0.274. The van der Waals surface area contributed by atoms with Crippen LogP contribution in [0.2, 0.25) is 5.02 Å². The third-order valence-corrected chi connectivity index (χ3v) is 6.09. The van der Waals surface area contributed by atoms with Gasteiger partial charge in [-0.05, 0) is 54.1 Å². The van der Waals surface area contributed by atoms with Crippen molar-refractivity contribution in [2.24, 2.45) is 5.73 Å². The lowest BCUT2D eigenvalue weighted by Gasteiger charge is -2.15. The molecule has 0 atom stereocenters. The predicted molar refractivity (Wildman–Crippen MR) is 118 cm³/mol. The van der Waals surface area contributed by atoms with Crippen LogP contribution in [0.1, 0.15) is 15.9 Å². The molecule has 0 aromatic heterocycles. The SMILES string of the molecule is NCc1ccc(NC(=O)c2c(F)cccc2Cl)cc1NS(=O)(=O)c1ccc(OC(F)(F)F)cc1. The van der Waals surface area contributed by atoms with E-state index in [0.717, 1.165) is 30.3 Å². The van der Waals surface area contributed by atoms with Crippen molar-refractivity contribution in [2.45, 2.75) is 17.8 Å². The number of sulfonamides is 1. The summed E-state index contributed by atoms with van der Waals surface area (Å²) in [5.41, 5.74) is 5.71. The standard InChI is InChI=1S/C21H16ClF4N3O4S/c22-16-2-1-3-17(23)19(16)20(30)28-13-5-4-12(11-27)18(10-13)29-34(31,32)15-8-6-14(7-9-15)33-21(24,25)26/h1-10,29H,11,27H2,(H,28,30). The van der Waals surface area contributed by atoms with Crippen molar-refractivity contribution in [3.8, 4) is 5.75 Å². The number of nitrogens with two attached hydrogens (primary N) is 1. The third kappa shape index (κ3) is 6.16. The first-order chi connectivity index (χ1) is 15.9. The molecule has 4 N–H and O–H groups in total. The third-order valence-electron chi connectivity index (χ3n) is 4.39. The highest BCUT2D eigenvalue weighted by Gasteiger charge is 2.31. The van der Waals surface area contributed by atoms with Crippen LogP contribution in [0.4, 0.5) is 28.9 Å². The number of carbonyl (C=O) groups is 1. The average molecular weight is 518 g/mol. The van der Waals surface area contributed by atoms with Gasteiger partial charge >= 0.3 is 6.36 Å². The molecule has 13 heteroatoms. The van der Waals surface area contributed by atoms with Gasteiger partial charge in [0, 0.05) is 12.2 Å². The molecule has 0 aliphatic carbocycles. The van der Waals surface area contributed by atoms with Gasteiger partial charge in [-0.3, -0.25) is 9.52 Å². The van der Waals surface area contributed by atoms with Gasteiger partial charge in [0.2, 0.25) is 0 Å². The molecule has 1 amide bonds. The van der Waals surface area contributed by atoms with Gasteiger partial charge in [0.25, 0.3) is 15.9 Å². The second-order valence-electron chi connectivity index (χ2n) is 6.75. The molecule has 0 heterocycles. The molecular weight excluding hydrogens is 502 g/mol. The fourth-order valence-electron chi connectivity index (χ4n) is 2.86. The molecule has 180 valence electrons. The van der Waals surface area contributed by atoms with E-state index in [1.54, 1.807) is 0 Å². The Labute approximate surface area is 196 Å². The van der Waals surface area contributed by atoms with Crippen molar-refractivity contribution in [1.29, 1.82) is 0 Å². The van der Waals surface area contributed by atoms with E-state index in [2.05, 4.69) is 14.8 Å². The maximum absolute atomic E-state index is 14.0. The van der Waals surface area contributed by atoms with Crippen molar-refractivity contribution < 1.29 is 35.5 Å². The fraction of sp³-hybridized carbons (Fsp3) is 0.0952. The largest absolute Gasteiger partial charge is 0.573 e. The molecule has 0 bridgehead atoms. The number of benzene rings is 3. The lowest BCUT2D eigenvalue weighted by Crippen LogP contribution is -2.18. The number of rotatable bonds is 7. The topological polar surface area (TPSA) is 111 Å². The van der Waals surface area contributed by atoms with E-state index in [1.165, 1.54) is 30.3 Å². The maximum Gasteiger partial charge on any atom is 0.573 e.